The highest BCUT2D eigenvalue weighted by molar-refractivity contribution is 5.83. The van der Waals surface area contributed by atoms with Crippen LogP contribution in [-0.4, -0.2) is 18.5 Å². The zero-order valence-electron chi connectivity index (χ0n) is 13.7. The largest absolute Gasteiger partial charge is 0.353 e. The van der Waals surface area contributed by atoms with E-state index in [1.54, 1.807) is 0 Å². The van der Waals surface area contributed by atoms with E-state index in [9.17, 15) is 4.79 Å². The molecule has 0 bridgehead atoms. The van der Waals surface area contributed by atoms with Crippen molar-refractivity contribution in [3.63, 3.8) is 0 Å². The lowest BCUT2D eigenvalue weighted by atomic mass is 9.78. The Kier molecular flexibility index (Phi) is 7.44. The SMILES string of the molecule is CCCC(CN)(CCC)C(=O)NC(C)Cc1ccccc1. The van der Waals surface area contributed by atoms with E-state index in [-0.39, 0.29) is 11.9 Å². The third-order valence-corrected chi connectivity index (χ3v) is 4.09. The standard InChI is InChI=1S/C18H30N2O/c1-4-11-18(14-19,12-5-2)17(21)20-15(3)13-16-9-7-6-8-10-16/h6-10,15H,4-5,11-14,19H2,1-3H3,(H,20,21). The number of nitrogens with two attached hydrogens (primary N) is 1. The van der Waals surface area contributed by atoms with E-state index in [2.05, 4.69) is 38.2 Å². The molecule has 0 saturated carbocycles. The molecule has 0 aliphatic carbocycles. The second-order valence-corrected chi connectivity index (χ2v) is 6.05. The summed E-state index contributed by atoms with van der Waals surface area (Å²) >= 11 is 0. The van der Waals surface area contributed by atoms with Gasteiger partial charge in [0.15, 0.2) is 0 Å². The second kappa shape index (κ2) is 8.83. The highest BCUT2D eigenvalue weighted by atomic mass is 16.2. The lowest BCUT2D eigenvalue weighted by molar-refractivity contribution is -0.132. The van der Waals surface area contributed by atoms with E-state index in [0.29, 0.717) is 6.54 Å². The van der Waals surface area contributed by atoms with Crippen LogP contribution in [0.25, 0.3) is 0 Å². The van der Waals surface area contributed by atoms with Gasteiger partial charge in [-0.2, -0.15) is 0 Å². The first-order valence-corrected chi connectivity index (χ1v) is 8.13. The van der Waals surface area contributed by atoms with Crippen molar-refractivity contribution in [3.8, 4) is 0 Å². The van der Waals surface area contributed by atoms with Gasteiger partial charge in [-0.25, -0.2) is 0 Å². The molecule has 1 aromatic rings. The highest BCUT2D eigenvalue weighted by Crippen LogP contribution is 2.29. The Bertz CT molecular complexity index is 410. The summed E-state index contributed by atoms with van der Waals surface area (Å²) in [6.07, 6.45) is 4.54. The molecule has 1 atom stereocenters. The van der Waals surface area contributed by atoms with Crippen LogP contribution in [0.4, 0.5) is 0 Å². The molecular formula is C18H30N2O. The normalized spacial score (nSPS) is 13.0. The Morgan fingerprint density at radius 1 is 1.19 bits per heavy atom. The molecule has 0 aromatic heterocycles. The predicted molar refractivity (Wildman–Crippen MR) is 89.1 cm³/mol. The highest BCUT2D eigenvalue weighted by Gasteiger charge is 2.35. The second-order valence-electron chi connectivity index (χ2n) is 6.05. The van der Waals surface area contributed by atoms with Gasteiger partial charge in [0.25, 0.3) is 0 Å². The van der Waals surface area contributed by atoms with Crippen molar-refractivity contribution in [2.45, 2.75) is 58.9 Å². The molecule has 3 heteroatoms. The summed E-state index contributed by atoms with van der Waals surface area (Å²) in [6.45, 7) is 6.71. The summed E-state index contributed by atoms with van der Waals surface area (Å²) in [6, 6.07) is 10.4. The molecule has 0 radical (unpaired) electrons. The minimum Gasteiger partial charge on any atom is -0.353 e. The minimum absolute atomic E-state index is 0.122. The van der Waals surface area contributed by atoms with Crippen molar-refractivity contribution in [2.75, 3.05) is 6.54 Å². The van der Waals surface area contributed by atoms with Crippen molar-refractivity contribution in [3.05, 3.63) is 35.9 Å². The topological polar surface area (TPSA) is 55.1 Å². The van der Waals surface area contributed by atoms with Gasteiger partial charge < -0.3 is 11.1 Å². The molecule has 3 N–H and O–H groups in total. The molecule has 0 spiro atoms. The number of rotatable bonds is 9. The first kappa shape index (κ1) is 17.7. The van der Waals surface area contributed by atoms with E-state index in [1.807, 2.05) is 18.2 Å². The third kappa shape index (κ3) is 5.16. The first-order chi connectivity index (χ1) is 10.1. The Labute approximate surface area is 129 Å². The molecule has 1 rings (SSSR count). The van der Waals surface area contributed by atoms with Crippen LogP contribution < -0.4 is 11.1 Å². The van der Waals surface area contributed by atoms with Gasteiger partial charge in [-0.15, -0.1) is 0 Å². The number of carbonyl (C=O) groups is 1. The summed E-state index contributed by atoms with van der Waals surface area (Å²) in [5.74, 6) is 0.122. The number of hydrogen-bond donors (Lipinski definition) is 2. The van der Waals surface area contributed by atoms with E-state index < -0.39 is 5.41 Å². The maximum absolute atomic E-state index is 12.7. The van der Waals surface area contributed by atoms with E-state index in [1.165, 1.54) is 5.56 Å². The van der Waals surface area contributed by atoms with Gasteiger partial charge in [0.05, 0.1) is 5.41 Å². The van der Waals surface area contributed by atoms with Crippen molar-refractivity contribution in [1.29, 1.82) is 0 Å². The van der Waals surface area contributed by atoms with Crippen LogP contribution in [0, 0.1) is 5.41 Å². The number of amides is 1. The number of hydrogen-bond acceptors (Lipinski definition) is 2. The Morgan fingerprint density at radius 3 is 2.24 bits per heavy atom. The number of nitrogens with one attached hydrogen (secondary N) is 1. The molecule has 0 heterocycles. The monoisotopic (exact) mass is 290 g/mol. The maximum atomic E-state index is 12.7. The van der Waals surface area contributed by atoms with Gasteiger partial charge in [-0.3, -0.25) is 4.79 Å². The van der Waals surface area contributed by atoms with Crippen LogP contribution in [0.1, 0.15) is 52.0 Å². The molecule has 0 saturated heterocycles. The van der Waals surface area contributed by atoms with E-state index >= 15 is 0 Å². The molecule has 118 valence electrons. The fraction of sp³-hybridized carbons (Fsp3) is 0.611. The first-order valence-electron chi connectivity index (χ1n) is 8.13. The van der Waals surface area contributed by atoms with Crippen molar-refractivity contribution >= 4 is 5.91 Å². The smallest absolute Gasteiger partial charge is 0.227 e. The zero-order valence-corrected chi connectivity index (χ0v) is 13.7. The molecule has 3 nitrogen and oxygen atoms in total. The van der Waals surface area contributed by atoms with Gasteiger partial charge in [0.1, 0.15) is 0 Å². The summed E-state index contributed by atoms with van der Waals surface area (Å²) in [7, 11) is 0. The molecule has 0 aliphatic rings. The zero-order chi connectivity index (χ0) is 15.7. The molecule has 0 aliphatic heterocycles. The maximum Gasteiger partial charge on any atom is 0.227 e. The number of carbonyl (C=O) groups excluding carboxylic acids is 1. The van der Waals surface area contributed by atoms with Crippen LogP contribution in [0.3, 0.4) is 0 Å². The number of benzene rings is 1. The molecule has 0 fully saturated rings. The third-order valence-electron chi connectivity index (χ3n) is 4.09. The molecule has 1 aromatic carbocycles. The quantitative estimate of drug-likeness (QED) is 0.733. The van der Waals surface area contributed by atoms with Gasteiger partial charge in [-0.1, -0.05) is 57.0 Å². The molecule has 1 amide bonds. The Balaban J connectivity index is 2.67. The van der Waals surface area contributed by atoms with Gasteiger partial charge in [-0.05, 0) is 31.7 Å². The Hall–Kier alpha value is -1.35. The van der Waals surface area contributed by atoms with E-state index in [0.717, 1.165) is 32.1 Å². The Morgan fingerprint density at radius 2 is 1.76 bits per heavy atom. The lowest BCUT2D eigenvalue weighted by Gasteiger charge is -2.32. The fourth-order valence-electron chi connectivity index (χ4n) is 3.00. The van der Waals surface area contributed by atoms with Crippen LogP contribution in [0.2, 0.25) is 0 Å². The average molecular weight is 290 g/mol. The predicted octanol–water partition coefficient (Wildman–Crippen LogP) is 3.28. The lowest BCUT2D eigenvalue weighted by Crippen LogP contribution is -2.49. The van der Waals surface area contributed by atoms with Gasteiger partial charge in [0.2, 0.25) is 5.91 Å². The summed E-state index contributed by atoms with van der Waals surface area (Å²) in [5, 5.41) is 3.17. The summed E-state index contributed by atoms with van der Waals surface area (Å²) in [5.41, 5.74) is 6.80. The summed E-state index contributed by atoms with van der Waals surface area (Å²) < 4.78 is 0. The fourth-order valence-corrected chi connectivity index (χ4v) is 3.00. The van der Waals surface area contributed by atoms with Crippen LogP contribution in [0.15, 0.2) is 30.3 Å². The van der Waals surface area contributed by atoms with Crippen LogP contribution in [0.5, 0.6) is 0 Å². The van der Waals surface area contributed by atoms with Crippen LogP contribution in [-0.2, 0) is 11.2 Å². The minimum atomic E-state index is -0.394. The van der Waals surface area contributed by atoms with Crippen molar-refractivity contribution < 1.29 is 4.79 Å². The summed E-state index contributed by atoms with van der Waals surface area (Å²) in [4.78, 5) is 12.7. The van der Waals surface area contributed by atoms with Crippen molar-refractivity contribution in [1.82, 2.24) is 5.32 Å². The van der Waals surface area contributed by atoms with Crippen molar-refractivity contribution in [2.24, 2.45) is 11.1 Å². The van der Waals surface area contributed by atoms with Gasteiger partial charge >= 0.3 is 0 Å². The molecular weight excluding hydrogens is 260 g/mol. The molecule has 1 unspecified atom stereocenters. The van der Waals surface area contributed by atoms with E-state index in [4.69, 9.17) is 5.73 Å². The molecule has 21 heavy (non-hydrogen) atoms. The average Bonchev–Trinajstić information content (AvgIpc) is 2.47. The van der Waals surface area contributed by atoms with Gasteiger partial charge in [0, 0.05) is 12.6 Å². The van der Waals surface area contributed by atoms with Crippen LogP contribution >= 0.6 is 0 Å².